The standard InChI is InChI=1S/C28H24N6O5S2/c1-17-18(2)26(16-15-25(17)32-28(41)31-20-5-11-23(12-6-20)34(37)38)39-24-13-7-21(8-14-24)30-27(40)29-19-3-9-22(10-4-19)33(35)36/h3-16H,1-2H3,(H2,29,30,40)(H2,31,32,41). The van der Waals surface area contributed by atoms with Gasteiger partial charge in [0.15, 0.2) is 10.3 Å². The zero-order valence-electron chi connectivity index (χ0n) is 21.8. The highest BCUT2D eigenvalue weighted by molar-refractivity contribution is 7.97. The van der Waals surface area contributed by atoms with E-state index in [0.29, 0.717) is 33.2 Å². The third-order valence-corrected chi connectivity index (χ3v) is 6.34. The van der Waals surface area contributed by atoms with Crippen LogP contribution in [0.5, 0.6) is 11.5 Å². The highest BCUT2D eigenvalue weighted by atomic mass is 32.1. The van der Waals surface area contributed by atoms with Gasteiger partial charge in [-0.15, -0.1) is 25.3 Å². The van der Waals surface area contributed by atoms with Crippen LogP contribution in [0, 0.1) is 34.1 Å². The highest BCUT2D eigenvalue weighted by Gasteiger charge is 2.10. The van der Waals surface area contributed by atoms with Crippen LogP contribution in [0.1, 0.15) is 11.1 Å². The van der Waals surface area contributed by atoms with E-state index in [-0.39, 0.29) is 11.4 Å². The van der Waals surface area contributed by atoms with Gasteiger partial charge >= 0.3 is 0 Å². The number of amidine groups is 2. The highest BCUT2D eigenvalue weighted by Crippen LogP contribution is 2.32. The van der Waals surface area contributed by atoms with Crippen molar-refractivity contribution in [2.75, 3.05) is 10.6 Å². The molecule has 2 N–H and O–H groups in total. The first-order valence-corrected chi connectivity index (χ1v) is 12.9. The predicted octanol–water partition coefficient (Wildman–Crippen LogP) is 7.97. The van der Waals surface area contributed by atoms with E-state index in [0.717, 1.165) is 22.5 Å². The Morgan fingerprint density at radius 2 is 1.17 bits per heavy atom. The van der Waals surface area contributed by atoms with Crippen molar-refractivity contribution < 1.29 is 14.6 Å². The third-order valence-electron chi connectivity index (χ3n) is 5.91. The van der Waals surface area contributed by atoms with Gasteiger partial charge in [-0.05, 0) is 85.6 Å². The van der Waals surface area contributed by atoms with Gasteiger partial charge < -0.3 is 15.4 Å². The Morgan fingerprint density at radius 1 is 0.683 bits per heavy atom. The smallest absolute Gasteiger partial charge is 0.269 e. The molecule has 41 heavy (non-hydrogen) atoms. The lowest BCUT2D eigenvalue weighted by atomic mass is 10.1. The molecule has 0 fully saturated rings. The van der Waals surface area contributed by atoms with Crippen molar-refractivity contribution in [3.05, 3.63) is 116 Å². The van der Waals surface area contributed by atoms with Gasteiger partial charge in [-0.3, -0.25) is 20.2 Å². The van der Waals surface area contributed by atoms with Crippen molar-refractivity contribution >= 4 is 69.7 Å². The number of aliphatic imine (C=N–C) groups is 2. The van der Waals surface area contributed by atoms with Gasteiger partial charge in [-0.1, -0.05) is 0 Å². The molecule has 0 aliphatic carbocycles. The fraction of sp³-hybridized carbons (Fsp3) is 0.0714. The topological polar surface area (TPSA) is 144 Å². The lowest BCUT2D eigenvalue weighted by Crippen LogP contribution is -2.06. The molecule has 4 rings (SSSR count). The number of nitrogens with zero attached hydrogens (tertiary/aromatic N) is 4. The van der Waals surface area contributed by atoms with E-state index < -0.39 is 9.85 Å². The Balaban J connectivity index is 1.39. The van der Waals surface area contributed by atoms with Crippen molar-refractivity contribution in [2.24, 2.45) is 9.98 Å². The number of thiol groups is 2. The van der Waals surface area contributed by atoms with Crippen molar-refractivity contribution in [2.45, 2.75) is 13.8 Å². The van der Waals surface area contributed by atoms with Gasteiger partial charge in [0.25, 0.3) is 11.4 Å². The number of ether oxygens (including phenoxy) is 1. The van der Waals surface area contributed by atoms with E-state index in [4.69, 9.17) is 4.74 Å². The van der Waals surface area contributed by atoms with Crippen LogP contribution in [-0.4, -0.2) is 20.2 Å². The molecule has 0 bridgehead atoms. The number of anilines is 2. The molecule has 0 heterocycles. The van der Waals surface area contributed by atoms with Gasteiger partial charge in [-0.25, -0.2) is 9.98 Å². The first-order valence-electron chi connectivity index (χ1n) is 12.1. The molecule has 0 amide bonds. The lowest BCUT2D eigenvalue weighted by molar-refractivity contribution is -0.385. The summed E-state index contributed by atoms with van der Waals surface area (Å²) in [5, 5.41) is 28.5. The van der Waals surface area contributed by atoms with E-state index in [1.54, 1.807) is 36.4 Å². The molecule has 0 atom stereocenters. The van der Waals surface area contributed by atoms with Gasteiger partial charge in [0, 0.05) is 35.6 Å². The molecule has 208 valence electrons. The first-order chi connectivity index (χ1) is 19.6. The zero-order chi connectivity index (χ0) is 29.5. The molecule has 13 heteroatoms. The van der Waals surface area contributed by atoms with Crippen LogP contribution in [0.2, 0.25) is 0 Å². The Bertz CT molecular complexity index is 1640. The van der Waals surface area contributed by atoms with E-state index in [2.05, 4.69) is 45.9 Å². The Morgan fingerprint density at radius 3 is 1.66 bits per heavy atom. The van der Waals surface area contributed by atoms with Crippen LogP contribution in [0.15, 0.2) is 94.9 Å². The Hall–Kier alpha value is -4.88. The molecular formula is C28H24N6O5S2. The predicted molar refractivity (Wildman–Crippen MR) is 168 cm³/mol. The van der Waals surface area contributed by atoms with Gasteiger partial charge in [-0.2, -0.15) is 0 Å². The van der Waals surface area contributed by atoms with Crippen molar-refractivity contribution in [1.82, 2.24) is 0 Å². The molecule has 0 saturated heterocycles. The number of nitro benzene ring substituents is 2. The average Bonchev–Trinajstić information content (AvgIpc) is 2.94. The zero-order valence-corrected chi connectivity index (χ0v) is 23.6. The summed E-state index contributed by atoms with van der Waals surface area (Å²) >= 11 is 8.76. The van der Waals surface area contributed by atoms with E-state index in [1.807, 2.05) is 38.1 Å². The van der Waals surface area contributed by atoms with Crippen LogP contribution in [0.25, 0.3) is 0 Å². The molecular weight excluding hydrogens is 564 g/mol. The minimum absolute atomic E-state index is 0.00873. The van der Waals surface area contributed by atoms with Crippen molar-refractivity contribution in [3.8, 4) is 11.5 Å². The van der Waals surface area contributed by atoms with E-state index >= 15 is 0 Å². The fourth-order valence-corrected chi connectivity index (χ4v) is 4.10. The fourth-order valence-electron chi connectivity index (χ4n) is 3.62. The maximum Gasteiger partial charge on any atom is 0.269 e. The molecule has 4 aromatic carbocycles. The summed E-state index contributed by atoms with van der Waals surface area (Å²) < 4.78 is 6.10. The first kappa shape index (κ1) is 29.1. The van der Waals surface area contributed by atoms with Gasteiger partial charge in [0.2, 0.25) is 0 Å². The second kappa shape index (κ2) is 13.0. The summed E-state index contributed by atoms with van der Waals surface area (Å²) in [5.74, 6) is 1.30. The summed E-state index contributed by atoms with van der Waals surface area (Å²) in [4.78, 5) is 29.3. The van der Waals surface area contributed by atoms with Crippen LogP contribution < -0.4 is 15.4 Å². The number of nitrogens with one attached hydrogen (secondary N) is 2. The molecule has 0 spiro atoms. The largest absolute Gasteiger partial charge is 0.457 e. The minimum atomic E-state index is -0.468. The number of rotatable bonds is 8. The van der Waals surface area contributed by atoms with E-state index in [1.165, 1.54) is 24.3 Å². The summed E-state index contributed by atoms with van der Waals surface area (Å²) in [6, 6.07) is 22.7. The normalized spacial score (nSPS) is 11.6. The summed E-state index contributed by atoms with van der Waals surface area (Å²) in [6.45, 7) is 3.89. The molecule has 0 aromatic heterocycles. The second-order valence-electron chi connectivity index (χ2n) is 8.66. The lowest BCUT2D eigenvalue weighted by Gasteiger charge is -2.15. The van der Waals surface area contributed by atoms with Gasteiger partial charge in [0.05, 0.1) is 21.2 Å². The number of hydrogen-bond acceptors (Lipinski definition) is 7. The molecule has 4 aromatic rings. The third kappa shape index (κ3) is 7.84. The number of nitro groups is 2. The summed E-state index contributed by atoms with van der Waals surface area (Å²) in [7, 11) is 0. The second-order valence-corrected chi connectivity index (χ2v) is 9.50. The van der Waals surface area contributed by atoms with Crippen LogP contribution >= 0.6 is 25.3 Å². The molecule has 0 unspecified atom stereocenters. The van der Waals surface area contributed by atoms with Crippen LogP contribution in [0.4, 0.5) is 34.1 Å². The minimum Gasteiger partial charge on any atom is -0.457 e. The Kier molecular flexibility index (Phi) is 9.22. The average molecular weight is 589 g/mol. The number of benzene rings is 4. The molecule has 11 nitrogen and oxygen atoms in total. The molecule has 0 saturated carbocycles. The molecule has 0 aliphatic rings. The maximum atomic E-state index is 10.8. The Labute approximate surface area is 246 Å². The maximum absolute atomic E-state index is 10.8. The molecule has 0 radical (unpaired) electrons. The van der Waals surface area contributed by atoms with Gasteiger partial charge in [0.1, 0.15) is 11.5 Å². The monoisotopic (exact) mass is 588 g/mol. The quantitative estimate of drug-likeness (QED) is 0.0537. The van der Waals surface area contributed by atoms with Crippen LogP contribution in [0.3, 0.4) is 0 Å². The number of hydrogen-bond donors (Lipinski definition) is 4. The SMILES string of the molecule is Cc1c(NC(S)=Nc2ccc([N+](=O)[O-])cc2)ccc(Oc2ccc(NC(S)=Nc3ccc([N+](=O)[O-])cc3)cc2)c1C. The summed E-state index contributed by atoms with van der Waals surface area (Å²) in [6.07, 6.45) is 0. The van der Waals surface area contributed by atoms with Crippen molar-refractivity contribution in [3.63, 3.8) is 0 Å². The number of non-ortho nitro benzene ring substituents is 2. The summed E-state index contributed by atoms with van der Waals surface area (Å²) in [5.41, 5.74) is 4.42. The van der Waals surface area contributed by atoms with Crippen LogP contribution in [-0.2, 0) is 0 Å². The molecule has 0 aliphatic heterocycles. The van der Waals surface area contributed by atoms with E-state index in [9.17, 15) is 20.2 Å². The van der Waals surface area contributed by atoms with Crippen molar-refractivity contribution in [1.29, 1.82) is 0 Å².